The van der Waals surface area contributed by atoms with Crippen molar-refractivity contribution in [2.24, 2.45) is 0 Å². The lowest BCUT2D eigenvalue weighted by Crippen LogP contribution is -2.42. The van der Waals surface area contributed by atoms with Gasteiger partial charge in [0, 0.05) is 12.5 Å². The summed E-state index contributed by atoms with van der Waals surface area (Å²) in [4.78, 5) is 24.7. The van der Waals surface area contributed by atoms with Crippen LogP contribution in [0.4, 0.5) is 4.79 Å². The standard InChI is InChI=1S/C24H27NO5/c1-2-15-29-23(27)22(13-7-8-14-26)25-24(28)30-16-21-19-11-5-3-9-17(19)18-10-4-6-12-20(18)21/h2-6,9-12,21-22,26H,1,7-8,13-16H2,(H,25,28)/t22-/m0/s1. The Morgan fingerprint density at radius 3 is 2.27 bits per heavy atom. The van der Waals surface area contributed by atoms with Crippen molar-refractivity contribution in [3.05, 3.63) is 72.3 Å². The molecule has 0 spiro atoms. The lowest BCUT2D eigenvalue weighted by atomic mass is 9.98. The van der Waals surface area contributed by atoms with Crippen molar-refractivity contribution in [1.82, 2.24) is 5.32 Å². The minimum Gasteiger partial charge on any atom is -0.460 e. The van der Waals surface area contributed by atoms with Crippen molar-refractivity contribution in [2.75, 3.05) is 19.8 Å². The average Bonchev–Trinajstić information content (AvgIpc) is 3.09. The Balaban J connectivity index is 1.63. The monoisotopic (exact) mass is 409 g/mol. The first-order valence-corrected chi connectivity index (χ1v) is 10.2. The topological polar surface area (TPSA) is 84.9 Å². The Bertz CT molecular complexity index is 849. The molecule has 1 amide bonds. The van der Waals surface area contributed by atoms with Gasteiger partial charge in [-0.15, -0.1) is 0 Å². The summed E-state index contributed by atoms with van der Waals surface area (Å²) in [5.41, 5.74) is 4.54. The van der Waals surface area contributed by atoms with Gasteiger partial charge in [-0.2, -0.15) is 0 Å². The smallest absolute Gasteiger partial charge is 0.407 e. The second-order valence-corrected chi connectivity index (χ2v) is 7.16. The van der Waals surface area contributed by atoms with Crippen molar-refractivity contribution in [3.63, 3.8) is 0 Å². The number of amides is 1. The molecule has 0 bridgehead atoms. The maximum atomic E-state index is 12.4. The van der Waals surface area contributed by atoms with Crippen LogP contribution in [0.5, 0.6) is 0 Å². The highest BCUT2D eigenvalue weighted by molar-refractivity contribution is 5.82. The molecule has 2 N–H and O–H groups in total. The summed E-state index contributed by atoms with van der Waals surface area (Å²) in [6, 6.07) is 15.4. The van der Waals surface area contributed by atoms with Crippen molar-refractivity contribution in [1.29, 1.82) is 0 Å². The molecule has 6 nitrogen and oxygen atoms in total. The number of aliphatic hydroxyl groups is 1. The number of benzene rings is 2. The summed E-state index contributed by atoms with van der Waals surface area (Å²) in [5, 5.41) is 11.6. The van der Waals surface area contributed by atoms with Crippen LogP contribution >= 0.6 is 0 Å². The maximum Gasteiger partial charge on any atom is 0.407 e. The van der Waals surface area contributed by atoms with E-state index in [0.29, 0.717) is 19.3 Å². The van der Waals surface area contributed by atoms with Crippen LogP contribution in [-0.4, -0.2) is 43.0 Å². The molecule has 1 aliphatic carbocycles. The summed E-state index contributed by atoms with van der Waals surface area (Å²) in [5.74, 6) is -0.593. The third kappa shape index (κ3) is 5.07. The largest absolute Gasteiger partial charge is 0.460 e. The lowest BCUT2D eigenvalue weighted by Gasteiger charge is -2.19. The Morgan fingerprint density at radius 1 is 1.03 bits per heavy atom. The zero-order valence-electron chi connectivity index (χ0n) is 16.9. The first-order valence-electron chi connectivity index (χ1n) is 10.2. The van der Waals surface area contributed by atoms with Crippen LogP contribution < -0.4 is 5.32 Å². The first kappa shape index (κ1) is 21.6. The van der Waals surface area contributed by atoms with E-state index in [-0.39, 0.29) is 25.7 Å². The lowest BCUT2D eigenvalue weighted by molar-refractivity contribution is -0.145. The highest BCUT2D eigenvalue weighted by Gasteiger charge is 2.29. The van der Waals surface area contributed by atoms with E-state index in [1.807, 2.05) is 36.4 Å². The average molecular weight is 409 g/mol. The predicted molar refractivity (Wildman–Crippen MR) is 114 cm³/mol. The van der Waals surface area contributed by atoms with Crippen molar-refractivity contribution < 1.29 is 24.2 Å². The van der Waals surface area contributed by atoms with E-state index in [1.165, 1.54) is 6.08 Å². The number of rotatable bonds is 10. The number of carbonyl (C=O) groups is 2. The number of ether oxygens (including phenoxy) is 2. The molecule has 0 radical (unpaired) electrons. The summed E-state index contributed by atoms with van der Waals surface area (Å²) in [7, 11) is 0. The molecule has 2 aromatic carbocycles. The van der Waals surface area contributed by atoms with Crippen LogP contribution in [0.15, 0.2) is 61.2 Å². The number of unbranched alkanes of at least 4 members (excludes halogenated alkanes) is 1. The summed E-state index contributed by atoms with van der Waals surface area (Å²) >= 11 is 0. The molecule has 0 aliphatic heterocycles. The van der Waals surface area contributed by atoms with Gasteiger partial charge in [-0.25, -0.2) is 9.59 Å². The Labute approximate surface area is 176 Å². The van der Waals surface area contributed by atoms with Crippen molar-refractivity contribution in [2.45, 2.75) is 31.2 Å². The summed E-state index contributed by atoms with van der Waals surface area (Å²) < 4.78 is 10.6. The third-order valence-electron chi connectivity index (χ3n) is 5.16. The van der Waals surface area contributed by atoms with Crippen molar-refractivity contribution in [3.8, 4) is 11.1 Å². The molecule has 0 aromatic heterocycles. The van der Waals surface area contributed by atoms with Gasteiger partial charge in [0.15, 0.2) is 0 Å². The van der Waals surface area contributed by atoms with Crippen LogP contribution in [0.3, 0.4) is 0 Å². The number of hydrogen-bond acceptors (Lipinski definition) is 5. The Morgan fingerprint density at radius 2 is 1.67 bits per heavy atom. The normalized spacial score (nSPS) is 13.1. The Hall–Kier alpha value is -3.12. The van der Waals surface area contributed by atoms with Gasteiger partial charge in [-0.05, 0) is 41.5 Å². The predicted octanol–water partition coefficient (Wildman–Crippen LogP) is 3.79. The highest BCUT2D eigenvalue weighted by atomic mass is 16.6. The molecule has 30 heavy (non-hydrogen) atoms. The van der Waals surface area contributed by atoms with Gasteiger partial charge in [-0.1, -0.05) is 61.2 Å². The fourth-order valence-corrected chi connectivity index (χ4v) is 3.73. The molecule has 158 valence electrons. The van der Waals surface area contributed by atoms with Crippen LogP contribution in [0, 0.1) is 0 Å². The van der Waals surface area contributed by atoms with E-state index >= 15 is 0 Å². The number of hydrogen-bond donors (Lipinski definition) is 2. The fourth-order valence-electron chi connectivity index (χ4n) is 3.73. The summed E-state index contributed by atoms with van der Waals surface area (Å²) in [6.07, 6.45) is 2.28. The Kier molecular flexibility index (Phi) is 7.63. The van der Waals surface area contributed by atoms with Gasteiger partial charge in [0.1, 0.15) is 19.3 Å². The molecule has 1 aliphatic rings. The summed E-state index contributed by atoms with van der Waals surface area (Å²) in [6.45, 7) is 3.79. The highest BCUT2D eigenvalue weighted by Crippen LogP contribution is 2.44. The number of carbonyl (C=O) groups excluding carboxylic acids is 2. The van der Waals surface area contributed by atoms with Crippen LogP contribution in [-0.2, 0) is 14.3 Å². The van der Waals surface area contributed by atoms with Gasteiger partial charge in [0.2, 0.25) is 0 Å². The maximum absolute atomic E-state index is 12.4. The third-order valence-corrected chi connectivity index (χ3v) is 5.16. The molecule has 3 rings (SSSR count). The first-order chi connectivity index (χ1) is 14.7. The zero-order valence-corrected chi connectivity index (χ0v) is 16.9. The number of aliphatic hydroxyl groups excluding tert-OH is 1. The molecular formula is C24H27NO5. The van der Waals surface area contributed by atoms with Gasteiger partial charge in [0.05, 0.1) is 0 Å². The van der Waals surface area contributed by atoms with Gasteiger partial charge in [-0.3, -0.25) is 0 Å². The number of alkyl carbamates (subject to hydrolysis) is 1. The molecule has 0 fully saturated rings. The molecule has 0 unspecified atom stereocenters. The quantitative estimate of drug-likeness (QED) is 0.354. The van der Waals surface area contributed by atoms with E-state index in [1.54, 1.807) is 0 Å². The minimum absolute atomic E-state index is 0.0272. The second-order valence-electron chi connectivity index (χ2n) is 7.16. The van der Waals surface area contributed by atoms with Crippen LogP contribution in [0.25, 0.3) is 11.1 Å². The zero-order chi connectivity index (χ0) is 21.3. The van der Waals surface area contributed by atoms with E-state index in [0.717, 1.165) is 22.3 Å². The van der Waals surface area contributed by atoms with E-state index in [2.05, 4.69) is 24.0 Å². The SMILES string of the molecule is C=CCOC(=O)[C@H](CCCCO)NC(=O)OCC1c2ccccc2-c2ccccc21. The van der Waals surface area contributed by atoms with E-state index < -0.39 is 18.1 Å². The van der Waals surface area contributed by atoms with Crippen molar-refractivity contribution >= 4 is 12.1 Å². The van der Waals surface area contributed by atoms with Gasteiger partial charge < -0.3 is 19.9 Å². The molecule has 6 heteroatoms. The van der Waals surface area contributed by atoms with Crippen LogP contribution in [0.2, 0.25) is 0 Å². The fraction of sp³-hybridized carbons (Fsp3) is 0.333. The number of esters is 1. The second kappa shape index (κ2) is 10.6. The number of nitrogens with one attached hydrogen (secondary N) is 1. The minimum atomic E-state index is -0.827. The molecule has 0 saturated carbocycles. The number of fused-ring (bicyclic) bond motifs is 3. The van der Waals surface area contributed by atoms with E-state index in [4.69, 9.17) is 14.6 Å². The molecule has 1 atom stereocenters. The van der Waals surface area contributed by atoms with Gasteiger partial charge >= 0.3 is 12.1 Å². The van der Waals surface area contributed by atoms with Gasteiger partial charge in [0.25, 0.3) is 0 Å². The molecule has 2 aromatic rings. The molecule has 0 heterocycles. The molecule has 0 saturated heterocycles. The molecular weight excluding hydrogens is 382 g/mol. The van der Waals surface area contributed by atoms with Crippen LogP contribution in [0.1, 0.15) is 36.3 Å². The van der Waals surface area contributed by atoms with E-state index in [9.17, 15) is 9.59 Å².